The highest BCUT2D eigenvalue weighted by atomic mass is 16.6. The maximum atomic E-state index is 11.0. The van der Waals surface area contributed by atoms with E-state index in [1.54, 1.807) is 12.2 Å². The Hall–Kier alpha value is -1.50. The molecule has 1 unspecified atom stereocenters. The number of ether oxygens (including phenoxy) is 1. The van der Waals surface area contributed by atoms with Crippen LogP contribution < -0.4 is 0 Å². The van der Waals surface area contributed by atoms with Gasteiger partial charge in [0.15, 0.2) is 0 Å². The van der Waals surface area contributed by atoms with E-state index in [0.717, 1.165) is 0 Å². The summed E-state index contributed by atoms with van der Waals surface area (Å²) >= 11 is 0. The summed E-state index contributed by atoms with van der Waals surface area (Å²) in [6.45, 7) is 0. The number of hydrogen-bond donors (Lipinski definition) is 0. The zero-order valence-corrected chi connectivity index (χ0v) is 9.02. The van der Waals surface area contributed by atoms with Crippen LogP contribution in [-0.2, 0) is 4.74 Å². The van der Waals surface area contributed by atoms with E-state index in [0.29, 0.717) is 12.8 Å². The Morgan fingerprint density at radius 2 is 2.00 bits per heavy atom. The summed E-state index contributed by atoms with van der Waals surface area (Å²) in [4.78, 5) is 21.2. The van der Waals surface area contributed by atoms with Gasteiger partial charge in [-0.1, -0.05) is 12.2 Å². The molecule has 0 amide bonds. The van der Waals surface area contributed by atoms with Gasteiger partial charge in [0, 0.05) is 22.7 Å². The Balaban J connectivity index is 1.90. The topological polar surface area (TPSA) is 95.5 Å². The van der Waals surface area contributed by atoms with Crippen LogP contribution in [0.3, 0.4) is 0 Å². The van der Waals surface area contributed by atoms with Crippen LogP contribution in [0.25, 0.3) is 0 Å². The van der Waals surface area contributed by atoms with Gasteiger partial charge in [0.05, 0.1) is 5.92 Å². The van der Waals surface area contributed by atoms with Crippen molar-refractivity contribution in [1.82, 2.24) is 0 Å². The number of hydrogen-bond acceptors (Lipinski definition) is 5. The van der Waals surface area contributed by atoms with Gasteiger partial charge >= 0.3 is 0 Å². The number of nitrogens with zero attached hydrogens (tertiary/aromatic N) is 2. The van der Waals surface area contributed by atoms with Crippen molar-refractivity contribution in [2.24, 2.45) is 5.92 Å². The number of rotatable bonds is 2. The molecule has 2 heterocycles. The minimum absolute atomic E-state index is 0.205. The molecule has 2 bridgehead atoms. The fraction of sp³-hybridized carbons (Fsp3) is 0.800. The van der Waals surface area contributed by atoms with Gasteiger partial charge in [-0.05, 0) is 6.42 Å². The smallest absolute Gasteiger partial charge is 0.248 e. The molecule has 0 N–H and O–H groups in total. The van der Waals surface area contributed by atoms with Gasteiger partial charge in [-0.25, -0.2) is 0 Å². The monoisotopic (exact) mass is 240 g/mol. The van der Waals surface area contributed by atoms with E-state index in [2.05, 4.69) is 0 Å². The first kappa shape index (κ1) is 10.6. The second-order valence-electron chi connectivity index (χ2n) is 5.00. The summed E-state index contributed by atoms with van der Waals surface area (Å²) < 4.78 is 5.66. The van der Waals surface area contributed by atoms with Crippen molar-refractivity contribution in [3.05, 3.63) is 32.4 Å². The molecule has 1 saturated carbocycles. The van der Waals surface area contributed by atoms with Crippen molar-refractivity contribution in [1.29, 1.82) is 0 Å². The minimum Gasteiger partial charge on any atom is -0.356 e. The molecule has 1 spiro atoms. The molecular formula is C10H12N2O5. The van der Waals surface area contributed by atoms with Crippen molar-refractivity contribution in [2.75, 3.05) is 0 Å². The summed E-state index contributed by atoms with van der Waals surface area (Å²) in [5.41, 5.74) is -0.752. The molecule has 7 nitrogen and oxygen atoms in total. The van der Waals surface area contributed by atoms with Crippen LogP contribution >= 0.6 is 0 Å². The normalized spacial score (nSPS) is 46.8. The van der Waals surface area contributed by atoms with Gasteiger partial charge in [-0.3, -0.25) is 20.2 Å². The van der Waals surface area contributed by atoms with Crippen LogP contribution in [0.2, 0.25) is 0 Å². The van der Waals surface area contributed by atoms with Crippen molar-refractivity contribution in [3.63, 3.8) is 0 Å². The molecule has 2 fully saturated rings. The van der Waals surface area contributed by atoms with Crippen LogP contribution in [0.4, 0.5) is 0 Å². The van der Waals surface area contributed by atoms with Crippen LogP contribution in [0.5, 0.6) is 0 Å². The maximum absolute atomic E-state index is 11.0. The summed E-state index contributed by atoms with van der Waals surface area (Å²) in [6, 6.07) is -1.37. The average Bonchev–Trinajstić information content (AvgIpc) is 2.80. The first-order chi connectivity index (χ1) is 8.03. The molecule has 0 aromatic carbocycles. The Labute approximate surface area is 96.7 Å². The van der Waals surface area contributed by atoms with Gasteiger partial charge in [-0.15, -0.1) is 0 Å². The van der Waals surface area contributed by atoms with E-state index in [1.165, 1.54) is 0 Å². The lowest BCUT2D eigenvalue weighted by atomic mass is 9.69. The molecule has 17 heavy (non-hydrogen) atoms. The van der Waals surface area contributed by atoms with Crippen molar-refractivity contribution in [3.8, 4) is 0 Å². The van der Waals surface area contributed by atoms with Crippen LogP contribution in [0.1, 0.15) is 19.3 Å². The van der Waals surface area contributed by atoms with Gasteiger partial charge in [0.1, 0.15) is 11.7 Å². The summed E-state index contributed by atoms with van der Waals surface area (Å²) in [6.07, 6.45) is 4.17. The van der Waals surface area contributed by atoms with E-state index < -0.39 is 23.8 Å². The third-order valence-corrected chi connectivity index (χ3v) is 4.21. The second kappa shape index (κ2) is 3.25. The average molecular weight is 240 g/mol. The second-order valence-corrected chi connectivity index (χ2v) is 5.00. The van der Waals surface area contributed by atoms with Crippen molar-refractivity contribution >= 4 is 0 Å². The Morgan fingerprint density at radius 1 is 1.24 bits per heavy atom. The van der Waals surface area contributed by atoms with Crippen LogP contribution in [0, 0.1) is 26.1 Å². The van der Waals surface area contributed by atoms with E-state index in [1.807, 2.05) is 0 Å². The predicted octanol–water partition coefficient (Wildman–Crippen LogP) is 0.784. The summed E-state index contributed by atoms with van der Waals surface area (Å²) in [5, 5.41) is 21.8. The number of fused-ring (bicyclic) bond motifs is 1. The summed E-state index contributed by atoms with van der Waals surface area (Å²) in [7, 11) is 0. The molecule has 2 aliphatic heterocycles. The SMILES string of the molecule is O=[N+]([O-])[C@@H]1CCC2[C@H]([N+](=O)[O-])[C@@H]3C=C[C@@]2(C1)O3. The maximum Gasteiger partial charge on any atom is 0.248 e. The molecule has 92 valence electrons. The Bertz CT molecular complexity index is 423. The third-order valence-electron chi connectivity index (χ3n) is 4.21. The molecule has 1 saturated heterocycles. The molecule has 0 aromatic rings. The highest BCUT2D eigenvalue weighted by molar-refractivity contribution is 5.25. The van der Waals surface area contributed by atoms with Crippen molar-refractivity contribution < 1.29 is 14.6 Å². The van der Waals surface area contributed by atoms with E-state index >= 15 is 0 Å². The van der Waals surface area contributed by atoms with Gasteiger partial charge in [0.25, 0.3) is 0 Å². The summed E-state index contributed by atoms with van der Waals surface area (Å²) in [5.74, 6) is -0.205. The Morgan fingerprint density at radius 3 is 2.65 bits per heavy atom. The van der Waals surface area contributed by atoms with Gasteiger partial charge in [0.2, 0.25) is 12.1 Å². The fourth-order valence-corrected chi connectivity index (χ4v) is 3.47. The fourth-order valence-electron chi connectivity index (χ4n) is 3.47. The van der Waals surface area contributed by atoms with Gasteiger partial charge in [-0.2, -0.15) is 0 Å². The van der Waals surface area contributed by atoms with Crippen LogP contribution in [0.15, 0.2) is 12.2 Å². The first-order valence-electron chi connectivity index (χ1n) is 5.68. The van der Waals surface area contributed by atoms with Gasteiger partial charge < -0.3 is 4.74 Å². The molecule has 1 aliphatic carbocycles. The third kappa shape index (κ3) is 1.32. The number of nitro groups is 2. The van der Waals surface area contributed by atoms with E-state index in [4.69, 9.17) is 4.74 Å². The zero-order chi connectivity index (χ0) is 12.2. The lowest BCUT2D eigenvalue weighted by Gasteiger charge is -2.35. The Kier molecular flexibility index (Phi) is 2.04. The quantitative estimate of drug-likeness (QED) is 0.404. The molecule has 3 aliphatic rings. The molecule has 0 aromatic heterocycles. The zero-order valence-electron chi connectivity index (χ0n) is 9.02. The first-order valence-corrected chi connectivity index (χ1v) is 5.68. The standard InChI is InChI=1S/C10H12N2O5/c13-11(14)6-1-2-7-9(12(15)16)8-3-4-10(7,5-6)17-8/h3-4,6-9H,1-2,5H2/t6-,7?,8+,9+,10+/m1/s1. The molecule has 7 heteroatoms. The molecule has 5 atom stereocenters. The van der Waals surface area contributed by atoms with Crippen molar-refractivity contribution in [2.45, 2.75) is 43.1 Å². The molecule has 0 radical (unpaired) electrons. The van der Waals surface area contributed by atoms with Crippen LogP contribution in [-0.4, -0.2) is 33.6 Å². The highest BCUT2D eigenvalue weighted by Crippen LogP contribution is 2.52. The minimum atomic E-state index is -0.752. The predicted molar refractivity (Wildman–Crippen MR) is 55.6 cm³/mol. The molecular weight excluding hydrogens is 228 g/mol. The lowest BCUT2D eigenvalue weighted by molar-refractivity contribution is -0.541. The van der Waals surface area contributed by atoms with E-state index in [-0.39, 0.29) is 22.2 Å². The molecule has 3 rings (SSSR count). The lowest BCUT2D eigenvalue weighted by Crippen LogP contribution is -2.48. The largest absolute Gasteiger partial charge is 0.356 e. The van der Waals surface area contributed by atoms with E-state index in [9.17, 15) is 20.2 Å². The highest BCUT2D eigenvalue weighted by Gasteiger charge is 2.65.